The molecular weight excluding hydrogens is 393 g/mol. The van der Waals surface area contributed by atoms with Crippen LogP contribution in [0.3, 0.4) is 0 Å². The van der Waals surface area contributed by atoms with E-state index in [1.54, 1.807) is 25.1 Å². The molecule has 29 heavy (non-hydrogen) atoms. The standard InChI is InChI=1S/C20H18FN5O2S/c1-13-25-19(28-26-13)12-29-18-8-3-2-5-14(18)20(27)24-10-9-23-17-7-4-6-16(21)15(17)11-22/h2-8,23H,9-10,12H2,1H3,(H,24,27). The third-order valence-electron chi connectivity index (χ3n) is 3.90. The Morgan fingerprint density at radius 3 is 2.83 bits per heavy atom. The largest absolute Gasteiger partial charge is 0.382 e. The average Bonchev–Trinajstić information content (AvgIpc) is 3.15. The molecule has 0 unspecified atom stereocenters. The number of amides is 1. The van der Waals surface area contributed by atoms with Crippen LogP contribution in [0.25, 0.3) is 0 Å². The van der Waals surface area contributed by atoms with Crippen LogP contribution in [0.5, 0.6) is 0 Å². The highest BCUT2D eigenvalue weighted by molar-refractivity contribution is 7.98. The highest BCUT2D eigenvalue weighted by Gasteiger charge is 2.13. The Hall–Kier alpha value is -3.38. The molecule has 3 aromatic rings. The molecule has 0 radical (unpaired) electrons. The van der Waals surface area contributed by atoms with Gasteiger partial charge in [0.05, 0.1) is 17.0 Å². The van der Waals surface area contributed by atoms with Crippen LogP contribution in [-0.2, 0) is 5.75 Å². The van der Waals surface area contributed by atoms with E-state index in [1.165, 1.54) is 23.9 Å². The number of nitriles is 1. The first-order chi connectivity index (χ1) is 14.1. The van der Waals surface area contributed by atoms with Gasteiger partial charge >= 0.3 is 0 Å². The number of benzene rings is 2. The van der Waals surface area contributed by atoms with Crippen molar-refractivity contribution in [2.45, 2.75) is 17.6 Å². The third kappa shape index (κ3) is 5.33. The maximum atomic E-state index is 13.6. The molecule has 1 heterocycles. The molecule has 2 aromatic carbocycles. The summed E-state index contributed by atoms with van der Waals surface area (Å²) in [6, 6.07) is 13.4. The first kappa shape index (κ1) is 20.4. The van der Waals surface area contributed by atoms with E-state index in [4.69, 9.17) is 9.78 Å². The van der Waals surface area contributed by atoms with Crippen LogP contribution < -0.4 is 10.6 Å². The molecule has 0 aliphatic carbocycles. The van der Waals surface area contributed by atoms with Crippen LogP contribution in [0.2, 0.25) is 0 Å². The Labute approximate surface area is 171 Å². The highest BCUT2D eigenvalue weighted by Crippen LogP contribution is 2.25. The molecule has 148 valence electrons. The van der Waals surface area contributed by atoms with E-state index < -0.39 is 5.82 Å². The van der Waals surface area contributed by atoms with Gasteiger partial charge in [-0.05, 0) is 31.2 Å². The summed E-state index contributed by atoms with van der Waals surface area (Å²) >= 11 is 1.43. The molecule has 0 atom stereocenters. The molecule has 9 heteroatoms. The molecule has 7 nitrogen and oxygen atoms in total. The smallest absolute Gasteiger partial charge is 0.252 e. The minimum atomic E-state index is -0.580. The maximum absolute atomic E-state index is 13.6. The van der Waals surface area contributed by atoms with E-state index in [2.05, 4.69) is 20.8 Å². The minimum Gasteiger partial charge on any atom is -0.382 e. The molecule has 0 aliphatic heterocycles. The number of halogens is 1. The highest BCUT2D eigenvalue weighted by atomic mass is 32.2. The predicted octanol–water partition coefficient (Wildman–Crippen LogP) is 3.52. The molecule has 0 bridgehead atoms. The summed E-state index contributed by atoms with van der Waals surface area (Å²) in [7, 11) is 0. The Bertz CT molecular complexity index is 1050. The maximum Gasteiger partial charge on any atom is 0.252 e. The van der Waals surface area contributed by atoms with Crippen molar-refractivity contribution < 1.29 is 13.7 Å². The van der Waals surface area contributed by atoms with Crippen LogP contribution in [0.4, 0.5) is 10.1 Å². The lowest BCUT2D eigenvalue weighted by Gasteiger charge is -2.11. The summed E-state index contributed by atoms with van der Waals surface area (Å²) in [5, 5.41) is 18.6. The fourth-order valence-electron chi connectivity index (χ4n) is 2.57. The van der Waals surface area contributed by atoms with Gasteiger partial charge in [-0.3, -0.25) is 4.79 Å². The summed E-state index contributed by atoms with van der Waals surface area (Å²) in [4.78, 5) is 17.5. The number of carbonyl (C=O) groups excluding carboxylic acids is 1. The Morgan fingerprint density at radius 1 is 1.24 bits per heavy atom. The van der Waals surface area contributed by atoms with E-state index in [0.717, 1.165) is 4.90 Å². The lowest BCUT2D eigenvalue weighted by Crippen LogP contribution is -2.29. The van der Waals surface area contributed by atoms with Gasteiger partial charge in [0.2, 0.25) is 5.89 Å². The van der Waals surface area contributed by atoms with Crippen molar-refractivity contribution >= 4 is 23.4 Å². The van der Waals surface area contributed by atoms with Crippen molar-refractivity contribution in [2.75, 3.05) is 18.4 Å². The lowest BCUT2D eigenvalue weighted by molar-refractivity contribution is 0.0952. The van der Waals surface area contributed by atoms with Crippen molar-refractivity contribution in [1.82, 2.24) is 15.5 Å². The van der Waals surface area contributed by atoms with Crippen LogP contribution >= 0.6 is 11.8 Å². The number of hydrogen-bond acceptors (Lipinski definition) is 7. The van der Waals surface area contributed by atoms with E-state index in [1.807, 2.05) is 18.2 Å². The number of carbonyl (C=O) groups is 1. The van der Waals surface area contributed by atoms with Gasteiger partial charge in [0.1, 0.15) is 17.4 Å². The molecule has 2 N–H and O–H groups in total. The third-order valence-corrected chi connectivity index (χ3v) is 4.96. The van der Waals surface area contributed by atoms with Gasteiger partial charge in [0.25, 0.3) is 5.91 Å². The summed E-state index contributed by atoms with van der Waals surface area (Å²) in [6.45, 7) is 2.40. The van der Waals surface area contributed by atoms with E-state index in [9.17, 15) is 9.18 Å². The molecule has 0 saturated heterocycles. The molecule has 0 aliphatic rings. The van der Waals surface area contributed by atoms with Crippen molar-refractivity contribution in [3.8, 4) is 6.07 Å². The zero-order chi connectivity index (χ0) is 20.6. The minimum absolute atomic E-state index is 0.0446. The fourth-order valence-corrected chi connectivity index (χ4v) is 3.46. The van der Waals surface area contributed by atoms with Gasteiger partial charge < -0.3 is 15.2 Å². The zero-order valence-electron chi connectivity index (χ0n) is 15.6. The topological polar surface area (TPSA) is 104 Å². The molecule has 0 spiro atoms. The Balaban J connectivity index is 1.55. The number of anilines is 1. The van der Waals surface area contributed by atoms with Gasteiger partial charge in [0.15, 0.2) is 5.82 Å². The molecule has 3 rings (SSSR count). The second-order valence-corrected chi connectivity index (χ2v) is 6.99. The quantitative estimate of drug-likeness (QED) is 0.432. The van der Waals surface area contributed by atoms with Gasteiger partial charge in [-0.1, -0.05) is 23.4 Å². The van der Waals surface area contributed by atoms with Crippen LogP contribution in [0.15, 0.2) is 51.9 Å². The van der Waals surface area contributed by atoms with E-state index in [0.29, 0.717) is 41.8 Å². The lowest BCUT2D eigenvalue weighted by atomic mass is 10.2. The van der Waals surface area contributed by atoms with Crippen LogP contribution in [0.1, 0.15) is 27.6 Å². The fraction of sp³-hybridized carbons (Fsp3) is 0.200. The van der Waals surface area contributed by atoms with Crippen molar-refractivity contribution in [3.05, 3.63) is 71.1 Å². The number of nitrogens with one attached hydrogen (secondary N) is 2. The molecule has 1 amide bonds. The van der Waals surface area contributed by atoms with Crippen molar-refractivity contribution in [2.24, 2.45) is 0 Å². The normalized spacial score (nSPS) is 10.4. The number of hydrogen-bond donors (Lipinski definition) is 2. The van der Waals surface area contributed by atoms with Gasteiger partial charge in [0, 0.05) is 18.0 Å². The summed E-state index contributed by atoms with van der Waals surface area (Å²) in [6.07, 6.45) is 0. The van der Waals surface area contributed by atoms with Crippen LogP contribution in [-0.4, -0.2) is 29.1 Å². The molecule has 1 aromatic heterocycles. The number of aryl methyl sites for hydroxylation is 1. The second kappa shape index (κ2) is 9.71. The zero-order valence-corrected chi connectivity index (χ0v) is 16.4. The SMILES string of the molecule is Cc1noc(CSc2ccccc2C(=O)NCCNc2cccc(F)c2C#N)n1. The second-order valence-electron chi connectivity index (χ2n) is 5.98. The number of nitrogens with zero attached hydrogens (tertiary/aromatic N) is 3. The summed E-state index contributed by atoms with van der Waals surface area (Å²) < 4.78 is 18.7. The summed E-state index contributed by atoms with van der Waals surface area (Å²) in [5.41, 5.74) is 0.890. The first-order valence-corrected chi connectivity index (χ1v) is 9.78. The monoisotopic (exact) mass is 411 g/mol. The number of rotatable bonds is 8. The predicted molar refractivity (Wildman–Crippen MR) is 107 cm³/mol. The number of aromatic nitrogens is 2. The van der Waals surface area contributed by atoms with Gasteiger partial charge in [-0.2, -0.15) is 10.2 Å². The van der Waals surface area contributed by atoms with Crippen molar-refractivity contribution in [1.29, 1.82) is 5.26 Å². The Kier molecular flexibility index (Phi) is 6.81. The van der Waals surface area contributed by atoms with E-state index >= 15 is 0 Å². The molecule has 0 saturated carbocycles. The Morgan fingerprint density at radius 2 is 2.07 bits per heavy atom. The van der Waals surface area contributed by atoms with Crippen molar-refractivity contribution in [3.63, 3.8) is 0 Å². The molecular formula is C20H18FN5O2S. The average molecular weight is 411 g/mol. The van der Waals surface area contributed by atoms with Crippen LogP contribution in [0, 0.1) is 24.1 Å². The number of thioether (sulfide) groups is 1. The first-order valence-electron chi connectivity index (χ1n) is 8.80. The van der Waals surface area contributed by atoms with Gasteiger partial charge in [-0.15, -0.1) is 11.8 Å². The van der Waals surface area contributed by atoms with E-state index in [-0.39, 0.29) is 11.5 Å². The summed E-state index contributed by atoms with van der Waals surface area (Å²) in [5.74, 6) is 0.719. The van der Waals surface area contributed by atoms with Gasteiger partial charge in [-0.25, -0.2) is 4.39 Å². The molecule has 0 fully saturated rings.